The van der Waals surface area contributed by atoms with Crippen LogP contribution in [0.25, 0.3) is 0 Å². The summed E-state index contributed by atoms with van der Waals surface area (Å²) in [6.07, 6.45) is -3.51. The minimum Gasteiger partial charge on any atom is -0.478 e. The quantitative estimate of drug-likeness (QED) is 0.531. The van der Waals surface area contributed by atoms with Crippen LogP contribution in [0.2, 0.25) is 0 Å². The molecule has 0 heterocycles. The number of hydrogen-bond acceptors (Lipinski definition) is 9. The minimum absolute atomic E-state index is 0.717. The number of carboxylic acids is 2. The van der Waals surface area contributed by atoms with Gasteiger partial charge in [0.05, 0.1) is 85.2 Å². The van der Waals surface area contributed by atoms with E-state index in [9.17, 15) is 35.6 Å². The second-order valence-electron chi connectivity index (χ2n) is 5.69. The van der Waals surface area contributed by atoms with E-state index in [1.807, 2.05) is 0 Å². The molecule has 0 aromatic rings. The summed E-state index contributed by atoms with van der Waals surface area (Å²) in [5.74, 6) is -5.79. The highest BCUT2D eigenvalue weighted by molar-refractivity contribution is 6.02. The molecule has 11 heteroatoms. The standard InChI is InChI=1S/C18H11N7O4/c19-5-1-12(9-23)18(11-25,4-8-22)14(16(28)29)13(15(26)27)17(10-24,2-6-20)3-7-21/h12H,1-4H2,(H,26,27)(H,28,29). The molecule has 0 aromatic carbocycles. The summed E-state index contributed by atoms with van der Waals surface area (Å²) in [7, 11) is 0. The molecule has 0 aliphatic heterocycles. The third-order valence-electron chi connectivity index (χ3n) is 4.18. The van der Waals surface area contributed by atoms with Gasteiger partial charge in [0.2, 0.25) is 0 Å². The summed E-state index contributed by atoms with van der Waals surface area (Å²) in [5, 5.41) is 84.2. The van der Waals surface area contributed by atoms with Crippen molar-refractivity contribution >= 4 is 11.9 Å². The third kappa shape index (κ3) is 4.45. The van der Waals surface area contributed by atoms with Crippen LogP contribution in [0.1, 0.15) is 25.7 Å². The highest BCUT2D eigenvalue weighted by Crippen LogP contribution is 2.47. The molecule has 0 spiro atoms. The number of hydrogen-bond donors (Lipinski definition) is 2. The van der Waals surface area contributed by atoms with E-state index in [-0.39, 0.29) is 0 Å². The molecule has 0 radical (unpaired) electrons. The zero-order valence-electron chi connectivity index (χ0n) is 14.7. The van der Waals surface area contributed by atoms with Crippen molar-refractivity contribution in [1.29, 1.82) is 36.8 Å². The van der Waals surface area contributed by atoms with E-state index in [4.69, 9.17) is 21.0 Å². The van der Waals surface area contributed by atoms with Gasteiger partial charge in [-0.2, -0.15) is 36.8 Å². The second-order valence-corrected chi connectivity index (χ2v) is 5.69. The largest absolute Gasteiger partial charge is 0.478 e. The van der Waals surface area contributed by atoms with Crippen molar-refractivity contribution in [2.75, 3.05) is 0 Å². The molecule has 11 nitrogen and oxygen atoms in total. The smallest absolute Gasteiger partial charge is 0.333 e. The van der Waals surface area contributed by atoms with Crippen molar-refractivity contribution in [3.63, 3.8) is 0 Å². The SMILES string of the molecule is N#CCC(C#N)C(C#N)(CC#N)C(C(=O)O)=C(C(=O)O)C(C#N)(CC#N)CC#N. The number of nitriles is 7. The van der Waals surface area contributed by atoms with Crippen LogP contribution in [-0.4, -0.2) is 22.2 Å². The first-order valence-electron chi connectivity index (χ1n) is 7.63. The predicted molar refractivity (Wildman–Crippen MR) is 88.4 cm³/mol. The van der Waals surface area contributed by atoms with Crippen molar-refractivity contribution in [3.05, 3.63) is 11.1 Å². The van der Waals surface area contributed by atoms with Crippen LogP contribution in [0.3, 0.4) is 0 Å². The molecular weight excluding hydrogens is 378 g/mol. The van der Waals surface area contributed by atoms with Crippen LogP contribution in [0, 0.1) is 96.1 Å². The lowest BCUT2D eigenvalue weighted by Gasteiger charge is -2.32. The van der Waals surface area contributed by atoms with Gasteiger partial charge in [-0.15, -0.1) is 0 Å². The van der Waals surface area contributed by atoms with Crippen LogP contribution in [0.4, 0.5) is 0 Å². The Kier molecular flexibility index (Phi) is 8.57. The third-order valence-corrected chi connectivity index (χ3v) is 4.18. The Morgan fingerprint density at radius 1 is 0.724 bits per heavy atom. The van der Waals surface area contributed by atoms with E-state index in [2.05, 4.69) is 0 Å². The predicted octanol–water partition coefficient (Wildman–Crippen LogP) is 1.27. The van der Waals surface area contributed by atoms with Crippen LogP contribution in [0.5, 0.6) is 0 Å². The summed E-state index contributed by atoms with van der Waals surface area (Å²) in [4.78, 5) is 24.1. The molecule has 2 unspecified atom stereocenters. The van der Waals surface area contributed by atoms with Gasteiger partial charge in [0, 0.05) is 0 Å². The Morgan fingerprint density at radius 2 is 1.21 bits per heavy atom. The van der Waals surface area contributed by atoms with Crippen LogP contribution < -0.4 is 0 Å². The maximum atomic E-state index is 12.1. The number of carboxylic acid groups (broad SMARTS) is 2. The maximum Gasteiger partial charge on any atom is 0.333 e. The van der Waals surface area contributed by atoms with Crippen molar-refractivity contribution in [2.24, 2.45) is 16.7 Å². The molecule has 0 amide bonds. The average Bonchev–Trinajstić information content (AvgIpc) is 2.68. The molecule has 0 saturated carbocycles. The topological polar surface area (TPSA) is 241 Å². The Labute approximate surface area is 165 Å². The molecule has 0 aromatic heterocycles. The van der Waals surface area contributed by atoms with E-state index < -0.39 is 65.5 Å². The van der Waals surface area contributed by atoms with E-state index in [1.54, 1.807) is 12.1 Å². The monoisotopic (exact) mass is 389 g/mol. The fourth-order valence-electron chi connectivity index (χ4n) is 2.82. The number of rotatable bonds is 9. The minimum atomic E-state index is -2.61. The van der Waals surface area contributed by atoms with Crippen LogP contribution in [0.15, 0.2) is 11.1 Å². The maximum absolute atomic E-state index is 12.1. The Balaban J connectivity index is 7.81. The average molecular weight is 389 g/mol. The van der Waals surface area contributed by atoms with Crippen molar-refractivity contribution < 1.29 is 19.8 Å². The molecule has 0 aliphatic carbocycles. The molecule has 0 bridgehead atoms. The van der Waals surface area contributed by atoms with Crippen LogP contribution in [-0.2, 0) is 9.59 Å². The molecule has 2 N–H and O–H groups in total. The van der Waals surface area contributed by atoms with Gasteiger partial charge in [-0.1, -0.05) is 0 Å². The molecule has 142 valence electrons. The second kappa shape index (κ2) is 10.3. The molecule has 0 rings (SSSR count). The molecular formula is C18H11N7O4. The molecule has 29 heavy (non-hydrogen) atoms. The summed E-state index contributed by atoms with van der Waals surface area (Å²) in [6, 6.07) is 10.6. The Hall–Kier alpha value is -4.89. The summed E-state index contributed by atoms with van der Waals surface area (Å²) in [6.45, 7) is 0. The van der Waals surface area contributed by atoms with E-state index in [1.165, 1.54) is 30.3 Å². The van der Waals surface area contributed by atoms with Crippen molar-refractivity contribution in [1.82, 2.24) is 0 Å². The Morgan fingerprint density at radius 3 is 1.48 bits per heavy atom. The lowest BCUT2D eigenvalue weighted by molar-refractivity contribution is -0.137. The lowest BCUT2D eigenvalue weighted by Crippen LogP contribution is -2.39. The fourth-order valence-corrected chi connectivity index (χ4v) is 2.82. The van der Waals surface area contributed by atoms with Crippen LogP contribution >= 0.6 is 0 Å². The van der Waals surface area contributed by atoms with E-state index >= 15 is 0 Å². The van der Waals surface area contributed by atoms with Gasteiger partial charge in [0.25, 0.3) is 0 Å². The molecule has 0 aliphatic rings. The van der Waals surface area contributed by atoms with Gasteiger partial charge in [-0.25, -0.2) is 9.59 Å². The zero-order chi connectivity index (χ0) is 22.7. The number of aliphatic carboxylic acids is 2. The van der Waals surface area contributed by atoms with Crippen molar-refractivity contribution in [2.45, 2.75) is 25.7 Å². The fraction of sp³-hybridized carbons (Fsp3) is 0.389. The first-order chi connectivity index (χ1) is 13.7. The normalized spacial score (nSPS) is 13.7. The van der Waals surface area contributed by atoms with Gasteiger partial charge in [-0.05, 0) is 0 Å². The van der Waals surface area contributed by atoms with Crippen molar-refractivity contribution in [3.8, 4) is 42.5 Å². The lowest BCUT2D eigenvalue weighted by atomic mass is 9.63. The van der Waals surface area contributed by atoms with Gasteiger partial charge in [0.1, 0.15) is 10.8 Å². The van der Waals surface area contributed by atoms with Gasteiger partial charge >= 0.3 is 11.9 Å². The van der Waals surface area contributed by atoms with Gasteiger partial charge in [0.15, 0.2) is 0 Å². The number of nitrogens with zero attached hydrogens (tertiary/aromatic N) is 7. The molecule has 0 saturated heterocycles. The summed E-state index contributed by atoms with van der Waals surface area (Å²) in [5.41, 5.74) is -7.58. The van der Waals surface area contributed by atoms with Gasteiger partial charge in [-0.3, -0.25) is 0 Å². The van der Waals surface area contributed by atoms with E-state index in [0.717, 1.165) is 0 Å². The number of carbonyl (C=O) groups is 2. The first kappa shape index (κ1) is 24.1. The zero-order valence-corrected chi connectivity index (χ0v) is 14.7. The van der Waals surface area contributed by atoms with Gasteiger partial charge < -0.3 is 10.2 Å². The summed E-state index contributed by atoms with van der Waals surface area (Å²) < 4.78 is 0. The molecule has 2 atom stereocenters. The Bertz CT molecular complexity index is 1010. The highest BCUT2D eigenvalue weighted by Gasteiger charge is 2.53. The molecule has 0 fully saturated rings. The van der Waals surface area contributed by atoms with E-state index in [0.29, 0.717) is 0 Å². The first-order valence-corrected chi connectivity index (χ1v) is 7.63. The highest BCUT2D eigenvalue weighted by atomic mass is 16.4. The summed E-state index contributed by atoms with van der Waals surface area (Å²) >= 11 is 0.